The van der Waals surface area contributed by atoms with Crippen LogP contribution in [-0.2, 0) is 0 Å². The number of phenolic OH excluding ortho intramolecular Hbond substituents is 1. The molecule has 0 aromatic heterocycles. The van der Waals surface area contributed by atoms with Crippen LogP contribution in [0.2, 0.25) is 0 Å². The molecule has 1 aromatic rings. The predicted molar refractivity (Wildman–Crippen MR) is 80.0 cm³/mol. The summed E-state index contributed by atoms with van der Waals surface area (Å²) in [5, 5.41) is 10.2. The van der Waals surface area contributed by atoms with E-state index in [9.17, 15) is 5.11 Å². The summed E-state index contributed by atoms with van der Waals surface area (Å²) >= 11 is 0. The summed E-state index contributed by atoms with van der Waals surface area (Å²) in [6.07, 6.45) is 6.15. The summed E-state index contributed by atoms with van der Waals surface area (Å²) in [6.45, 7) is 2.46. The first kappa shape index (κ1) is 16.1. The number of hydrogen-bond acceptors (Lipinski definition) is 3. The molecule has 3 N–H and O–H groups in total. The van der Waals surface area contributed by atoms with Crippen LogP contribution in [0.4, 0.5) is 0 Å². The monoisotopic (exact) mass is 285 g/mol. The largest absolute Gasteiger partial charge is 0.504 e. The first-order chi connectivity index (χ1) is 8.74. The van der Waals surface area contributed by atoms with Gasteiger partial charge in [-0.15, -0.1) is 12.4 Å². The average Bonchev–Trinajstić information content (AvgIpc) is 2.42. The molecule has 0 heterocycles. The van der Waals surface area contributed by atoms with Crippen molar-refractivity contribution in [1.29, 1.82) is 0 Å². The van der Waals surface area contributed by atoms with Crippen molar-refractivity contribution in [2.75, 3.05) is 6.61 Å². The van der Waals surface area contributed by atoms with Gasteiger partial charge >= 0.3 is 0 Å². The molecule has 19 heavy (non-hydrogen) atoms. The minimum Gasteiger partial charge on any atom is -0.504 e. The normalized spacial score (nSPS) is 17.6. The van der Waals surface area contributed by atoms with Crippen molar-refractivity contribution in [3.63, 3.8) is 0 Å². The molecule has 3 nitrogen and oxygen atoms in total. The highest BCUT2D eigenvalue weighted by Crippen LogP contribution is 2.39. The highest BCUT2D eigenvalue weighted by Gasteiger charge is 2.24. The van der Waals surface area contributed by atoms with Gasteiger partial charge < -0.3 is 15.6 Å². The Morgan fingerprint density at radius 2 is 2.00 bits per heavy atom. The van der Waals surface area contributed by atoms with Crippen molar-refractivity contribution >= 4 is 12.4 Å². The highest BCUT2D eigenvalue weighted by atomic mass is 35.5. The maximum Gasteiger partial charge on any atom is 0.162 e. The zero-order chi connectivity index (χ0) is 13.0. The van der Waals surface area contributed by atoms with Gasteiger partial charge in [-0.05, 0) is 31.7 Å². The van der Waals surface area contributed by atoms with Crippen molar-refractivity contribution in [3.8, 4) is 11.5 Å². The van der Waals surface area contributed by atoms with Crippen molar-refractivity contribution in [2.24, 2.45) is 11.7 Å². The van der Waals surface area contributed by atoms with Crippen LogP contribution in [0.1, 0.15) is 50.6 Å². The molecule has 0 aliphatic heterocycles. The Kier molecular flexibility index (Phi) is 6.46. The molecule has 0 unspecified atom stereocenters. The summed E-state index contributed by atoms with van der Waals surface area (Å²) in [5.41, 5.74) is 7.15. The molecule has 108 valence electrons. The summed E-state index contributed by atoms with van der Waals surface area (Å²) in [6, 6.07) is 5.53. The zero-order valence-corrected chi connectivity index (χ0v) is 12.3. The molecule has 1 saturated carbocycles. The van der Waals surface area contributed by atoms with Crippen LogP contribution in [0, 0.1) is 5.92 Å². The number of halogens is 1. The molecule has 4 heteroatoms. The molecule has 0 saturated heterocycles. The molecule has 0 spiro atoms. The molecule has 1 aliphatic carbocycles. The topological polar surface area (TPSA) is 55.5 Å². The molecule has 1 aromatic carbocycles. The second-order valence-electron chi connectivity index (χ2n) is 5.05. The van der Waals surface area contributed by atoms with E-state index in [1.54, 1.807) is 6.07 Å². The summed E-state index contributed by atoms with van der Waals surface area (Å²) in [4.78, 5) is 0. The number of ether oxygens (including phenoxy) is 1. The van der Waals surface area contributed by atoms with Gasteiger partial charge in [0.2, 0.25) is 0 Å². The summed E-state index contributed by atoms with van der Waals surface area (Å²) in [7, 11) is 0. The lowest BCUT2D eigenvalue weighted by Gasteiger charge is -2.28. The van der Waals surface area contributed by atoms with E-state index in [0.717, 1.165) is 5.56 Å². The van der Waals surface area contributed by atoms with Gasteiger partial charge in [0.25, 0.3) is 0 Å². The van der Waals surface area contributed by atoms with E-state index in [4.69, 9.17) is 10.5 Å². The van der Waals surface area contributed by atoms with Crippen molar-refractivity contribution < 1.29 is 9.84 Å². The van der Waals surface area contributed by atoms with Gasteiger partial charge in [-0.25, -0.2) is 0 Å². The van der Waals surface area contributed by atoms with Crippen LogP contribution in [0.25, 0.3) is 0 Å². The standard InChI is InChI=1S/C15H23NO2.ClH/c1-2-18-13-10-6-9-12(15(13)17)14(16)11-7-4-3-5-8-11;/h6,9-11,14,17H,2-5,7-8,16H2,1H3;1H/t14-;/m0./s1. The van der Waals surface area contributed by atoms with E-state index in [1.165, 1.54) is 32.1 Å². The van der Waals surface area contributed by atoms with Gasteiger partial charge in [-0.2, -0.15) is 0 Å². The van der Waals surface area contributed by atoms with Crippen molar-refractivity contribution in [3.05, 3.63) is 23.8 Å². The third-order valence-corrected chi connectivity index (χ3v) is 3.85. The second-order valence-corrected chi connectivity index (χ2v) is 5.05. The minimum absolute atomic E-state index is 0. The number of aromatic hydroxyl groups is 1. The maximum atomic E-state index is 10.2. The number of phenols is 1. The third kappa shape index (κ3) is 3.77. The minimum atomic E-state index is -0.0780. The molecular formula is C15H24ClNO2. The Bertz CT molecular complexity index is 392. The van der Waals surface area contributed by atoms with E-state index in [2.05, 4.69) is 0 Å². The molecule has 1 fully saturated rings. The van der Waals surface area contributed by atoms with Crippen LogP contribution < -0.4 is 10.5 Å². The van der Waals surface area contributed by atoms with E-state index >= 15 is 0 Å². The fourth-order valence-corrected chi connectivity index (χ4v) is 2.83. The Hall–Kier alpha value is -0.930. The highest BCUT2D eigenvalue weighted by molar-refractivity contribution is 5.85. The Balaban J connectivity index is 0.00000180. The molecule has 2 rings (SSSR count). The molecule has 1 atom stereocenters. The lowest BCUT2D eigenvalue weighted by Crippen LogP contribution is -2.23. The Morgan fingerprint density at radius 3 is 2.63 bits per heavy atom. The SMILES string of the molecule is CCOc1cccc([C@@H](N)C2CCCCC2)c1O.Cl. The lowest BCUT2D eigenvalue weighted by molar-refractivity contribution is 0.292. The first-order valence-corrected chi connectivity index (χ1v) is 6.94. The fraction of sp³-hybridized carbons (Fsp3) is 0.600. The average molecular weight is 286 g/mol. The fourth-order valence-electron chi connectivity index (χ4n) is 2.83. The van der Waals surface area contributed by atoms with E-state index in [0.29, 0.717) is 18.3 Å². The van der Waals surface area contributed by atoms with Crippen LogP contribution in [-0.4, -0.2) is 11.7 Å². The maximum absolute atomic E-state index is 10.2. The van der Waals surface area contributed by atoms with Gasteiger partial charge in [-0.3, -0.25) is 0 Å². The molecule has 0 radical (unpaired) electrons. The van der Waals surface area contributed by atoms with Crippen LogP contribution in [0.5, 0.6) is 11.5 Å². The second kappa shape index (κ2) is 7.61. The molecule has 0 bridgehead atoms. The predicted octanol–water partition coefficient (Wildman–Crippen LogP) is 3.79. The van der Waals surface area contributed by atoms with Gasteiger partial charge in [0.05, 0.1) is 6.61 Å². The smallest absolute Gasteiger partial charge is 0.162 e. The van der Waals surface area contributed by atoms with Crippen LogP contribution in [0.3, 0.4) is 0 Å². The van der Waals surface area contributed by atoms with Crippen molar-refractivity contribution in [1.82, 2.24) is 0 Å². The number of nitrogens with two attached hydrogens (primary N) is 1. The Labute approximate surface area is 121 Å². The van der Waals surface area contributed by atoms with Gasteiger partial charge in [0, 0.05) is 11.6 Å². The molecule has 1 aliphatic rings. The molecule has 0 amide bonds. The quantitative estimate of drug-likeness (QED) is 0.885. The summed E-state index contributed by atoms with van der Waals surface area (Å²) in [5.74, 6) is 1.25. The lowest BCUT2D eigenvalue weighted by atomic mass is 9.81. The van der Waals surface area contributed by atoms with Crippen LogP contribution in [0.15, 0.2) is 18.2 Å². The van der Waals surface area contributed by atoms with E-state index < -0.39 is 0 Å². The van der Waals surface area contributed by atoms with Gasteiger partial charge in [0.1, 0.15) is 0 Å². The number of hydrogen-bond donors (Lipinski definition) is 2. The number of para-hydroxylation sites is 1. The number of benzene rings is 1. The zero-order valence-electron chi connectivity index (χ0n) is 11.5. The third-order valence-electron chi connectivity index (χ3n) is 3.85. The van der Waals surface area contributed by atoms with Crippen molar-refractivity contribution in [2.45, 2.75) is 45.1 Å². The first-order valence-electron chi connectivity index (χ1n) is 6.94. The molecular weight excluding hydrogens is 262 g/mol. The van der Waals surface area contributed by atoms with Gasteiger partial charge in [0.15, 0.2) is 11.5 Å². The summed E-state index contributed by atoms with van der Waals surface area (Å²) < 4.78 is 5.41. The van der Waals surface area contributed by atoms with Crippen LogP contribution >= 0.6 is 12.4 Å². The number of rotatable bonds is 4. The van der Waals surface area contributed by atoms with E-state index in [-0.39, 0.29) is 24.2 Å². The Morgan fingerprint density at radius 1 is 1.32 bits per heavy atom. The van der Waals surface area contributed by atoms with Gasteiger partial charge in [-0.1, -0.05) is 31.4 Å². The van der Waals surface area contributed by atoms with E-state index in [1.807, 2.05) is 19.1 Å².